The van der Waals surface area contributed by atoms with E-state index in [9.17, 15) is 4.79 Å². The maximum absolute atomic E-state index is 10.4. The molecule has 0 aliphatic carbocycles. The Morgan fingerprint density at radius 2 is 2.00 bits per heavy atom. The summed E-state index contributed by atoms with van der Waals surface area (Å²) < 4.78 is 0. The summed E-state index contributed by atoms with van der Waals surface area (Å²) in [5, 5.41) is 0. The first kappa shape index (κ1) is 8.73. The molecule has 0 heterocycles. The molecule has 0 N–H and O–H groups in total. The van der Waals surface area contributed by atoms with Crippen LogP contribution in [0.4, 0.5) is 0 Å². The Balaban J connectivity index is 2.83. The first-order valence-electron chi connectivity index (χ1n) is 3.76. The number of carbonyl (C=O) groups is 1. The number of hydrogen-bond donors (Lipinski definition) is 0. The van der Waals surface area contributed by atoms with Gasteiger partial charge in [0, 0.05) is 0 Å². The molecule has 0 aliphatic heterocycles. The summed E-state index contributed by atoms with van der Waals surface area (Å²) in [5.41, 5.74) is 0.325. The Kier molecular flexibility index (Phi) is 5.69. The highest BCUT2D eigenvalue weighted by molar-refractivity contribution is 6.57. The second-order valence-corrected chi connectivity index (χ2v) is 2.51. The molecular weight excluding hydrogens is 111 g/mol. The van der Waals surface area contributed by atoms with Crippen LogP contribution in [0.5, 0.6) is 0 Å². The first-order valence-corrected chi connectivity index (χ1v) is 3.76. The van der Waals surface area contributed by atoms with Gasteiger partial charge in [0.1, 0.15) is 0 Å². The lowest BCUT2D eigenvalue weighted by Gasteiger charge is -1.93. The highest BCUT2D eigenvalue weighted by Gasteiger charge is 1.91. The van der Waals surface area contributed by atoms with Gasteiger partial charge in [-0.1, -0.05) is 26.2 Å². The van der Waals surface area contributed by atoms with Gasteiger partial charge in [-0.05, 0) is 12.8 Å². The largest absolute Gasteiger partial charge is 0.312 e. The van der Waals surface area contributed by atoms with Crippen LogP contribution in [0.25, 0.3) is 0 Å². The molecule has 0 spiro atoms. The van der Waals surface area contributed by atoms with E-state index < -0.39 is 0 Å². The van der Waals surface area contributed by atoms with Gasteiger partial charge >= 0.3 is 0 Å². The van der Waals surface area contributed by atoms with E-state index in [0.717, 1.165) is 12.8 Å². The Hall–Kier alpha value is -0.265. The van der Waals surface area contributed by atoms with E-state index in [0.29, 0.717) is 5.68 Å². The maximum atomic E-state index is 10.4. The lowest BCUT2D eigenvalue weighted by atomic mass is 9.97. The van der Waals surface area contributed by atoms with E-state index >= 15 is 0 Å². The minimum atomic E-state index is 0.325. The van der Waals surface area contributed by atoms with Crippen molar-refractivity contribution in [2.24, 2.45) is 0 Å². The third-order valence-electron chi connectivity index (χ3n) is 1.38. The Bertz CT molecular complexity index is 81.0. The quantitative estimate of drug-likeness (QED) is 0.398. The molecule has 0 aromatic rings. The fraction of sp³-hybridized carbons (Fsp3) is 0.857. The number of hydrogen-bond acceptors (Lipinski definition) is 1. The lowest BCUT2D eigenvalue weighted by molar-refractivity contribution is -0.111. The van der Waals surface area contributed by atoms with Crippen LogP contribution in [0.3, 0.4) is 0 Å². The van der Waals surface area contributed by atoms with E-state index in [-0.39, 0.29) is 0 Å². The molecule has 0 aromatic carbocycles. The summed E-state index contributed by atoms with van der Waals surface area (Å²) >= 11 is 0. The molecule has 0 bridgehead atoms. The number of rotatable bonds is 5. The molecule has 0 rings (SSSR count). The SMILES string of the molecule is BC(=O)CCCCCC. The standard InChI is InChI=1S/C7H15BO/c1-2-3-4-5-6-7(8)9/h2-6,8H2,1H3. The van der Waals surface area contributed by atoms with Crippen molar-refractivity contribution in [3.63, 3.8) is 0 Å². The minimum Gasteiger partial charge on any atom is -0.312 e. The predicted molar refractivity (Wildman–Crippen MR) is 42.3 cm³/mol. The molecule has 0 unspecified atom stereocenters. The molecule has 0 radical (unpaired) electrons. The zero-order chi connectivity index (χ0) is 7.11. The minimum absolute atomic E-state index is 0.325. The van der Waals surface area contributed by atoms with Crippen LogP contribution in [-0.4, -0.2) is 13.5 Å². The van der Waals surface area contributed by atoms with E-state index in [2.05, 4.69) is 6.92 Å². The summed E-state index contributed by atoms with van der Waals surface area (Å²) in [6, 6.07) is 0. The molecule has 2 heteroatoms. The van der Waals surface area contributed by atoms with Crippen LogP contribution in [0, 0.1) is 0 Å². The zero-order valence-corrected chi connectivity index (χ0v) is 6.44. The van der Waals surface area contributed by atoms with Crippen molar-refractivity contribution in [1.29, 1.82) is 0 Å². The smallest absolute Gasteiger partial charge is 0.187 e. The topological polar surface area (TPSA) is 17.1 Å². The Morgan fingerprint density at radius 1 is 1.33 bits per heavy atom. The van der Waals surface area contributed by atoms with Crippen molar-refractivity contribution in [3.8, 4) is 0 Å². The van der Waals surface area contributed by atoms with Crippen molar-refractivity contribution >= 4 is 13.5 Å². The zero-order valence-electron chi connectivity index (χ0n) is 6.44. The van der Waals surface area contributed by atoms with E-state index in [1.165, 1.54) is 19.3 Å². The van der Waals surface area contributed by atoms with Crippen molar-refractivity contribution in [2.75, 3.05) is 0 Å². The fourth-order valence-corrected chi connectivity index (χ4v) is 0.801. The van der Waals surface area contributed by atoms with Crippen molar-refractivity contribution in [2.45, 2.75) is 39.0 Å². The third-order valence-corrected chi connectivity index (χ3v) is 1.38. The van der Waals surface area contributed by atoms with Crippen molar-refractivity contribution < 1.29 is 4.79 Å². The van der Waals surface area contributed by atoms with E-state index in [1.54, 1.807) is 7.85 Å². The fourth-order valence-electron chi connectivity index (χ4n) is 0.801. The highest BCUT2D eigenvalue weighted by atomic mass is 16.1. The molecule has 0 aliphatic rings. The monoisotopic (exact) mass is 126 g/mol. The van der Waals surface area contributed by atoms with Gasteiger partial charge in [0.05, 0.1) is 5.68 Å². The molecule has 0 saturated heterocycles. The normalized spacial score (nSPS) is 9.44. The van der Waals surface area contributed by atoms with Crippen molar-refractivity contribution in [3.05, 3.63) is 0 Å². The van der Waals surface area contributed by atoms with Gasteiger partial charge in [-0.25, -0.2) is 0 Å². The lowest BCUT2D eigenvalue weighted by Crippen LogP contribution is -1.94. The number of carbonyl (C=O) groups excluding carboxylic acids is 1. The Morgan fingerprint density at radius 3 is 2.44 bits per heavy atom. The highest BCUT2D eigenvalue weighted by Crippen LogP contribution is 2.01. The van der Waals surface area contributed by atoms with Crippen molar-refractivity contribution in [1.82, 2.24) is 0 Å². The molecule has 0 atom stereocenters. The summed E-state index contributed by atoms with van der Waals surface area (Å²) in [5.74, 6) is 0. The summed E-state index contributed by atoms with van der Waals surface area (Å²) in [6.45, 7) is 2.17. The van der Waals surface area contributed by atoms with E-state index in [4.69, 9.17) is 0 Å². The van der Waals surface area contributed by atoms with Gasteiger partial charge < -0.3 is 4.79 Å². The van der Waals surface area contributed by atoms with Gasteiger partial charge in [0.25, 0.3) is 0 Å². The summed E-state index contributed by atoms with van der Waals surface area (Å²) in [4.78, 5) is 10.4. The second kappa shape index (κ2) is 5.86. The molecule has 1 nitrogen and oxygen atoms in total. The third kappa shape index (κ3) is 7.73. The second-order valence-electron chi connectivity index (χ2n) is 2.51. The van der Waals surface area contributed by atoms with E-state index in [1.807, 2.05) is 0 Å². The predicted octanol–water partition coefficient (Wildman–Crippen LogP) is 1.12. The van der Waals surface area contributed by atoms with Gasteiger partial charge in [-0.2, -0.15) is 0 Å². The summed E-state index contributed by atoms with van der Waals surface area (Å²) in [7, 11) is 1.66. The first-order chi connectivity index (χ1) is 4.27. The average Bonchev–Trinajstić information content (AvgIpc) is 1.80. The molecule has 52 valence electrons. The maximum Gasteiger partial charge on any atom is 0.187 e. The van der Waals surface area contributed by atoms with Crippen LogP contribution < -0.4 is 0 Å². The van der Waals surface area contributed by atoms with Gasteiger partial charge in [0.2, 0.25) is 0 Å². The van der Waals surface area contributed by atoms with Crippen LogP contribution in [0.1, 0.15) is 39.0 Å². The van der Waals surface area contributed by atoms with Crippen LogP contribution >= 0.6 is 0 Å². The molecule has 0 amide bonds. The van der Waals surface area contributed by atoms with Gasteiger partial charge in [-0.15, -0.1) is 0 Å². The molecule has 0 fully saturated rings. The molecule has 0 saturated carbocycles. The van der Waals surface area contributed by atoms with Crippen LogP contribution in [0.15, 0.2) is 0 Å². The van der Waals surface area contributed by atoms with Crippen LogP contribution in [-0.2, 0) is 4.79 Å². The molecule has 9 heavy (non-hydrogen) atoms. The number of unbranched alkanes of at least 4 members (excludes halogenated alkanes) is 3. The van der Waals surface area contributed by atoms with Gasteiger partial charge in [0.15, 0.2) is 7.85 Å². The average molecular weight is 126 g/mol. The Labute approximate surface area is 58.2 Å². The molecular formula is C7H15BO. The molecule has 0 aromatic heterocycles. The summed E-state index contributed by atoms with van der Waals surface area (Å²) in [6.07, 6.45) is 5.60. The van der Waals surface area contributed by atoms with Crippen LogP contribution in [0.2, 0.25) is 0 Å². The van der Waals surface area contributed by atoms with Gasteiger partial charge in [-0.3, -0.25) is 0 Å².